The summed E-state index contributed by atoms with van der Waals surface area (Å²) >= 11 is 5.83. The first-order valence-corrected chi connectivity index (χ1v) is 7.74. The van der Waals surface area contributed by atoms with Gasteiger partial charge in [-0.1, -0.05) is 29.8 Å². The first kappa shape index (κ1) is 17.2. The number of para-hydroxylation sites is 1. The second-order valence-electron chi connectivity index (χ2n) is 5.19. The van der Waals surface area contributed by atoms with Gasteiger partial charge in [-0.25, -0.2) is 0 Å². The first-order valence-electron chi connectivity index (χ1n) is 7.36. The van der Waals surface area contributed by atoms with Crippen molar-refractivity contribution in [2.75, 3.05) is 7.11 Å². The van der Waals surface area contributed by atoms with E-state index in [4.69, 9.17) is 21.1 Å². The van der Waals surface area contributed by atoms with Crippen molar-refractivity contribution in [3.63, 3.8) is 0 Å². The molecule has 5 heteroatoms. The highest BCUT2D eigenvalue weighted by Gasteiger charge is 2.19. The van der Waals surface area contributed by atoms with Crippen LogP contribution in [0.3, 0.4) is 0 Å². The van der Waals surface area contributed by atoms with Crippen molar-refractivity contribution in [2.24, 2.45) is 0 Å². The van der Waals surface area contributed by atoms with Gasteiger partial charge < -0.3 is 14.8 Å². The normalized spacial score (nSPS) is 13.0. The average molecular weight is 334 g/mol. The van der Waals surface area contributed by atoms with Crippen molar-refractivity contribution < 1.29 is 14.3 Å². The Hall–Kier alpha value is -2.20. The number of hydrogen-bond donors (Lipinski definition) is 1. The Morgan fingerprint density at radius 3 is 2.39 bits per heavy atom. The highest BCUT2D eigenvalue weighted by atomic mass is 35.5. The van der Waals surface area contributed by atoms with Crippen molar-refractivity contribution in [3.05, 3.63) is 59.1 Å². The summed E-state index contributed by atoms with van der Waals surface area (Å²) in [5, 5.41) is 3.56. The second-order valence-corrected chi connectivity index (χ2v) is 5.62. The van der Waals surface area contributed by atoms with Crippen molar-refractivity contribution in [2.45, 2.75) is 26.0 Å². The van der Waals surface area contributed by atoms with E-state index >= 15 is 0 Å². The van der Waals surface area contributed by atoms with Crippen molar-refractivity contribution in [3.8, 4) is 11.5 Å². The lowest BCUT2D eigenvalue weighted by Gasteiger charge is -2.20. The lowest BCUT2D eigenvalue weighted by Crippen LogP contribution is -2.37. The molecule has 2 aromatic carbocycles. The molecule has 0 spiro atoms. The summed E-state index contributed by atoms with van der Waals surface area (Å²) in [4.78, 5) is 12.3. The zero-order valence-electron chi connectivity index (χ0n) is 13.4. The minimum atomic E-state index is -0.617. The minimum absolute atomic E-state index is 0.185. The molecule has 2 atom stereocenters. The maximum atomic E-state index is 12.3. The number of carbonyl (C=O) groups excluding carboxylic acids is 1. The number of ether oxygens (including phenoxy) is 2. The summed E-state index contributed by atoms with van der Waals surface area (Å²) in [5.41, 5.74) is 0.919. The highest BCUT2D eigenvalue weighted by molar-refractivity contribution is 6.30. The van der Waals surface area contributed by atoms with E-state index in [1.54, 1.807) is 38.3 Å². The number of halogens is 1. The van der Waals surface area contributed by atoms with E-state index in [1.165, 1.54) is 0 Å². The maximum Gasteiger partial charge on any atom is 0.261 e. The van der Waals surface area contributed by atoms with Crippen molar-refractivity contribution >= 4 is 17.5 Å². The van der Waals surface area contributed by atoms with E-state index in [9.17, 15) is 4.79 Å². The molecule has 0 bridgehead atoms. The van der Waals surface area contributed by atoms with E-state index in [2.05, 4.69) is 5.32 Å². The van der Waals surface area contributed by atoms with E-state index in [1.807, 2.05) is 31.2 Å². The smallest absolute Gasteiger partial charge is 0.261 e. The molecule has 0 saturated heterocycles. The topological polar surface area (TPSA) is 47.6 Å². The number of rotatable bonds is 6. The van der Waals surface area contributed by atoms with E-state index in [-0.39, 0.29) is 11.9 Å². The standard InChI is InChI=1S/C18H20ClNO3/c1-12(16-6-4-5-7-17(16)22-3)20-18(21)13(2)23-15-10-8-14(19)9-11-15/h4-13H,1-3H3,(H,20,21)/t12-,13-/m0/s1. The van der Waals surface area contributed by atoms with Gasteiger partial charge in [-0.05, 0) is 44.2 Å². The van der Waals surface area contributed by atoms with Gasteiger partial charge in [0.25, 0.3) is 5.91 Å². The monoisotopic (exact) mass is 333 g/mol. The molecule has 0 aliphatic rings. The number of carbonyl (C=O) groups is 1. The fourth-order valence-corrected chi connectivity index (χ4v) is 2.33. The van der Waals surface area contributed by atoms with Gasteiger partial charge in [0.1, 0.15) is 11.5 Å². The molecule has 2 aromatic rings. The molecule has 0 saturated carbocycles. The summed E-state index contributed by atoms with van der Waals surface area (Å²) in [6.45, 7) is 3.61. The van der Waals surface area contributed by atoms with Crippen molar-refractivity contribution in [1.29, 1.82) is 0 Å². The molecule has 1 N–H and O–H groups in total. The average Bonchev–Trinajstić information content (AvgIpc) is 2.56. The molecule has 122 valence electrons. The van der Waals surface area contributed by atoms with E-state index < -0.39 is 6.10 Å². The van der Waals surface area contributed by atoms with Crippen LogP contribution >= 0.6 is 11.6 Å². The Kier molecular flexibility index (Phi) is 5.88. The van der Waals surface area contributed by atoms with E-state index in [0.29, 0.717) is 10.8 Å². The van der Waals surface area contributed by atoms with Gasteiger partial charge in [-0.15, -0.1) is 0 Å². The van der Waals surface area contributed by atoms with Gasteiger partial charge in [0.2, 0.25) is 0 Å². The SMILES string of the molecule is COc1ccccc1[C@H](C)NC(=O)[C@H](C)Oc1ccc(Cl)cc1. The molecule has 0 aromatic heterocycles. The zero-order valence-corrected chi connectivity index (χ0v) is 14.1. The molecule has 0 radical (unpaired) electrons. The van der Waals surface area contributed by atoms with Crippen LogP contribution in [-0.2, 0) is 4.79 Å². The van der Waals surface area contributed by atoms with Gasteiger partial charge in [-0.2, -0.15) is 0 Å². The summed E-state index contributed by atoms with van der Waals surface area (Å²) in [7, 11) is 1.61. The molecule has 0 fully saturated rings. The van der Waals surface area contributed by atoms with Gasteiger partial charge in [-0.3, -0.25) is 4.79 Å². The lowest BCUT2D eigenvalue weighted by atomic mass is 10.1. The Morgan fingerprint density at radius 2 is 1.74 bits per heavy atom. The Bertz CT molecular complexity index is 658. The largest absolute Gasteiger partial charge is 0.496 e. The van der Waals surface area contributed by atoms with Crippen LogP contribution < -0.4 is 14.8 Å². The lowest BCUT2D eigenvalue weighted by molar-refractivity contribution is -0.127. The van der Waals surface area contributed by atoms with E-state index in [0.717, 1.165) is 11.3 Å². The summed E-state index contributed by atoms with van der Waals surface area (Å²) in [5.74, 6) is 1.15. The molecule has 0 heterocycles. The number of hydrogen-bond acceptors (Lipinski definition) is 3. The van der Waals surface area contributed by atoms with Crippen LogP contribution in [0.1, 0.15) is 25.5 Å². The van der Waals surface area contributed by atoms with Gasteiger partial charge >= 0.3 is 0 Å². The van der Waals surface area contributed by atoms with Crippen molar-refractivity contribution in [1.82, 2.24) is 5.32 Å². The predicted molar refractivity (Wildman–Crippen MR) is 91.1 cm³/mol. The molecule has 4 nitrogen and oxygen atoms in total. The van der Waals surface area contributed by atoms with Gasteiger partial charge in [0, 0.05) is 10.6 Å². The molecule has 2 rings (SSSR count). The number of methoxy groups -OCH3 is 1. The first-order chi connectivity index (χ1) is 11.0. The van der Waals surface area contributed by atoms with Crippen LogP contribution in [-0.4, -0.2) is 19.1 Å². The minimum Gasteiger partial charge on any atom is -0.496 e. The number of benzene rings is 2. The molecule has 23 heavy (non-hydrogen) atoms. The fraction of sp³-hybridized carbons (Fsp3) is 0.278. The Labute approximate surface area is 141 Å². The summed E-state index contributed by atoms with van der Waals surface area (Å²) in [6.07, 6.45) is -0.617. The quantitative estimate of drug-likeness (QED) is 0.869. The van der Waals surface area contributed by atoms with Crippen LogP contribution in [0.15, 0.2) is 48.5 Å². The number of amides is 1. The van der Waals surface area contributed by atoms with Crippen LogP contribution in [0.25, 0.3) is 0 Å². The predicted octanol–water partition coefficient (Wildman–Crippen LogP) is 3.99. The molecule has 1 amide bonds. The van der Waals surface area contributed by atoms with Crippen LogP contribution in [0.5, 0.6) is 11.5 Å². The summed E-state index contributed by atoms with van der Waals surface area (Å²) in [6, 6.07) is 14.3. The molecule has 0 aliphatic carbocycles. The van der Waals surface area contributed by atoms with Crippen LogP contribution in [0.2, 0.25) is 5.02 Å². The molecule has 0 unspecified atom stereocenters. The van der Waals surface area contributed by atoms with Gasteiger partial charge in [0.15, 0.2) is 6.10 Å². The molecular weight excluding hydrogens is 314 g/mol. The third kappa shape index (κ3) is 4.63. The third-order valence-corrected chi connectivity index (χ3v) is 3.71. The zero-order chi connectivity index (χ0) is 16.8. The molecular formula is C18H20ClNO3. The van der Waals surface area contributed by atoms with Crippen LogP contribution in [0, 0.1) is 0 Å². The summed E-state index contributed by atoms with van der Waals surface area (Å²) < 4.78 is 10.9. The highest BCUT2D eigenvalue weighted by Crippen LogP contribution is 2.24. The Balaban J connectivity index is 1.98. The number of nitrogens with one attached hydrogen (secondary N) is 1. The molecule has 0 aliphatic heterocycles. The third-order valence-electron chi connectivity index (χ3n) is 3.46. The Morgan fingerprint density at radius 1 is 1.09 bits per heavy atom. The second kappa shape index (κ2) is 7.88. The van der Waals surface area contributed by atoms with Gasteiger partial charge in [0.05, 0.1) is 13.2 Å². The maximum absolute atomic E-state index is 12.3. The fourth-order valence-electron chi connectivity index (χ4n) is 2.20. The van der Waals surface area contributed by atoms with Crippen LogP contribution in [0.4, 0.5) is 0 Å².